The lowest BCUT2D eigenvalue weighted by Crippen LogP contribution is -2.28. The zero-order valence-electron chi connectivity index (χ0n) is 24.3. The lowest BCUT2D eigenvalue weighted by molar-refractivity contribution is 0.0552. The van der Waals surface area contributed by atoms with Gasteiger partial charge < -0.3 is 14.0 Å². The van der Waals surface area contributed by atoms with Crippen LogP contribution in [0, 0.1) is 5.92 Å². The molecule has 6 radical (unpaired) electrons. The predicted octanol–water partition coefficient (Wildman–Crippen LogP) is 2.81. The zero-order chi connectivity index (χ0) is 30.5. The highest BCUT2D eigenvalue weighted by Crippen LogP contribution is 2.45. The highest BCUT2D eigenvalue weighted by Gasteiger charge is 2.34. The molecule has 214 valence electrons. The summed E-state index contributed by atoms with van der Waals surface area (Å²) >= 11 is 0. The molecular formula is C29H29B3N6O4S. The minimum absolute atomic E-state index is 0.0891. The van der Waals surface area contributed by atoms with Crippen molar-refractivity contribution in [3.63, 3.8) is 0 Å². The first-order valence-corrected chi connectivity index (χ1v) is 15.9. The number of ether oxygens (including phenoxy) is 2. The minimum Gasteiger partial charge on any atom is -0.477 e. The number of nitrogens with zero attached hydrogens (tertiary/aromatic N) is 6. The van der Waals surface area contributed by atoms with Crippen LogP contribution in [0.5, 0.6) is 5.88 Å². The number of fused-ring (bicyclic) bond motifs is 3. The molecule has 0 spiro atoms. The van der Waals surface area contributed by atoms with Crippen LogP contribution in [0.25, 0.3) is 33.2 Å². The Hall–Kier alpha value is -3.64. The Kier molecular flexibility index (Phi) is 7.62. The average molecular weight is 590 g/mol. The van der Waals surface area contributed by atoms with E-state index in [0.29, 0.717) is 58.9 Å². The summed E-state index contributed by atoms with van der Waals surface area (Å²) in [5.41, 5.74) is 4.02. The van der Waals surface area contributed by atoms with Crippen LogP contribution in [0.2, 0.25) is 0 Å². The maximum Gasteiger partial charge on any atom is 0.225 e. The van der Waals surface area contributed by atoms with Gasteiger partial charge in [0.1, 0.15) is 10.4 Å². The van der Waals surface area contributed by atoms with Gasteiger partial charge in [-0.05, 0) is 37.3 Å². The molecule has 5 aromatic rings. The molecule has 0 aliphatic carbocycles. The van der Waals surface area contributed by atoms with E-state index in [-0.39, 0.29) is 22.5 Å². The van der Waals surface area contributed by atoms with E-state index in [2.05, 4.69) is 32.0 Å². The van der Waals surface area contributed by atoms with Crippen LogP contribution in [0.4, 0.5) is 0 Å². The molecule has 14 heteroatoms. The molecule has 1 aromatic carbocycles. The fourth-order valence-corrected chi connectivity index (χ4v) is 6.89. The second-order valence-corrected chi connectivity index (χ2v) is 13.0. The second kappa shape index (κ2) is 11.1. The van der Waals surface area contributed by atoms with Gasteiger partial charge >= 0.3 is 0 Å². The van der Waals surface area contributed by atoms with E-state index in [1.165, 1.54) is 17.1 Å². The third-order valence-corrected chi connectivity index (χ3v) is 9.01. The predicted molar refractivity (Wildman–Crippen MR) is 166 cm³/mol. The van der Waals surface area contributed by atoms with Crippen molar-refractivity contribution < 1.29 is 17.9 Å². The van der Waals surface area contributed by atoms with Crippen LogP contribution in [0.3, 0.4) is 0 Å². The quantitative estimate of drug-likeness (QED) is 0.254. The van der Waals surface area contributed by atoms with Gasteiger partial charge in [0, 0.05) is 38.3 Å². The minimum atomic E-state index is -3.73. The summed E-state index contributed by atoms with van der Waals surface area (Å²) in [6, 6.07) is 11.7. The van der Waals surface area contributed by atoms with E-state index in [0.717, 1.165) is 18.4 Å². The summed E-state index contributed by atoms with van der Waals surface area (Å²) in [5.74, 6) is 0.439. The monoisotopic (exact) mass is 590 g/mol. The molecular weight excluding hydrogens is 561 g/mol. The second-order valence-electron chi connectivity index (χ2n) is 11.0. The average Bonchev–Trinajstić information content (AvgIpc) is 3.53. The molecule has 1 fully saturated rings. The van der Waals surface area contributed by atoms with Gasteiger partial charge in [0.2, 0.25) is 5.88 Å². The number of aryl methyl sites for hydroxylation is 1. The van der Waals surface area contributed by atoms with E-state index in [1.807, 2.05) is 31.2 Å². The molecule has 10 nitrogen and oxygen atoms in total. The van der Waals surface area contributed by atoms with E-state index >= 15 is 0 Å². The van der Waals surface area contributed by atoms with Gasteiger partial charge in [0.05, 0.1) is 70.2 Å². The highest BCUT2D eigenvalue weighted by atomic mass is 32.2. The summed E-state index contributed by atoms with van der Waals surface area (Å²) in [5, 5.41) is 7.01. The van der Waals surface area contributed by atoms with Crippen molar-refractivity contribution in [3.8, 4) is 17.1 Å². The third kappa shape index (κ3) is 5.24. The molecule has 0 saturated carbocycles. The molecule has 5 heterocycles. The van der Waals surface area contributed by atoms with Crippen LogP contribution in [0.15, 0.2) is 53.7 Å². The molecule has 1 saturated heterocycles. The van der Waals surface area contributed by atoms with Gasteiger partial charge in [0.15, 0.2) is 9.84 Å². The Morgan fingerprint density at radius 2 is 1.84 bits per heavy atom. The number of hydrogen-bond donors (Lipinski definition) is 0. The Morgan fingerprint density at radius 3 is 2.49 bits per heavy atom. The Morgan fingerprint density at radius 1 is 1.12 bits per heavy atom. The van der Waals surface area contributed by atoms with Gasteiger partial charge in [-0.15, -0.1) is 5.10 Å². The fourth-order valence-electron chi connectivity index (χ4n) is 6.09. The summed E-state index contributed by atoms with van der Waals surface area (Å²) in [6.07, 6.45) is 5.79. The van der Waals surface area contributed by atoms with Crippen molar-refractivity contribution in [2.75, 3.05) is 26.1 Å². The summed E-state index contributed by atoms with van der Waals surface area (Å²) in [4.78, 5) is 9.43. The van der Waals surface area contributed by atoms with Crippen molar-refractivity contribution in [3.05, 3.63) is 60.0 Å². The van der Waals surface area contributed by atoms with Crippen molar-refractivity contribution in [2.24, 2.45) is 13.0 Å². The lowest BCUT2D eigenvalue weighted by atomic mass is 9.41. The highest BCUT2D eigenvalue weighted by molar-refractivity contribution is 7.91. The molecule has 4 aromatic heterocycles. The topological polar surface area (TPSA) is 114 Å². The number of aromatic nitrogens is 6. The van der Waals surface area contributed by atoms with Crippen molar-refractivity contribution >= 4 is 55.3 Å². The van der Waals surface area contributed by atoms with Crippen molar-refractivity contribution in [2.45, 2.75) is 35.8 Å². The summed E-state index contributed by atoms with van der Waals surface area (Å²) in [7, 11) is 16.2. The smallest absolute Gasteiger partial charge is 0.225 e. The van der Waals surface area contributed by atoms with E-state index in [9.17, 15) is 8.42 Å². The third-order valence-electron chi connectivity index (χ3n) is 7.91. The molecule has 1 aliphatic rings. The molecule has 1 aliphatic heterocycles. The zero-order valence-corrected chi connectivity index (χ0v) is 25.1. The molecule has 0 unspecified atom stereocenters. The summed E-state index contributed by atoms with van der Waals surface area (Å²) < 4.78 is 42.0. The van der Waals surface area contributed by atoms with Crippen molar-refractivity contribution in [1.82, 2.24) is 29.5 Å². The van der Waals surface area contributed by atoms with E-state index in [4.69, 9.17) is 38.0 Å². The summed E-state index contributed by atoms with van der Waals surface area (Å²) in [6.45, 7) is 3.40. The van der Waals surface area contributed by atoms with Crippen LogP contribution in [-0.2, 0) is 26.7 Å². The Labute approximate surface area is 254 Å². The van der Waals surface area contributed by atoms with Crippen LogP contribution in [0.1, 0.15) is 37.1 Å². The molecule has 0 N–H and O–H groups in total. The van der Waals surface area contributed by atoms with Crippen LogP contribution >= 0.6 is 0 Å². The van der Waals surface area contributed by atoms with Gasteiger partial charge in [-0.25, -0.2) is 18.1 Å². The number of pyridine rings is 2. The molecule has 6 rings (SSSR count). The standard InChI is InChI=1S/C29H29B3N6O4S/c1-4-42-28-22-23-20(14-19(15-33-23)25-27(29(30,31)32)35-36-37(25)2)38(26(22)21(16-34-28)43(3,39)40)24(17-8-6-5-7-9-17)18-10-12-41-13-11-18/h5-9,14-16,18,24H,4,10-13H2,1-3H3/t24-/m1/s1. The van der Waals surface area contributed by atoms with E-state index < -0.39 is 15.0 Å². The van der Waals surface area contributed by atoms with Gasteiger partial charge in [-0.2, -0.15) is 0 Å². The first-order valence-electron chi connectivity index (χ1n) is 14.1. The lowest BCUT2D eigenvalue weighted by Gasteiger charge is -2.33. The maximum atomic E-state index is 13.3. The number of hydrogen-bond acceptors (Lipinski definition) is 8. The van der Waals surface area contributed by atoms with Gasteiger partial charge in [0.25, 0.3) is 0 Å². The molecule has 43 heavy (non-hydrogen) atoms. The molecule has 0 amide bonds. The SMILES string of the molecule is [B]C([B])([B])c1nnn(C)c1-c1cnc2c3c(OCC)ncc(S(C)(=O)=O)c3n([C@H](c3ccccc3)C3CCOCC3)c2c1. The number of benzene rings is 1. The van der Waals surface area contributed by atoms with Crippen molar-refractivity contribution in [1.29, 1.82) is 0 Å². The maximum absolute atomic E-state index is 13.3. The first-order chi connectivity index (χ1) is 20.5. The van der Waals surface area contributed by atoms with Crippen LogP contribution < -0.4 is 4.74 Å². The molecule has 0 bridgehead atoms. The number of rotatable bonds is 8. The molecule has 1 atom stereocenters. The Bertz CT molecular complexity index is 1920. The van der Waals surface area contributed by atoms with Crippen LogP contribution in [-0.4, -0.2) is 87.6 Å². The fraction of sp³-hybridized carbons (Fsp3) is 0.379. The first kappa shape index (κ1) is 29.4. The normalized spacial score (nSPS) is 15.7. The largest absolute Gasteiger partial charge is 0.477 e. The van der Waals surface area contributed by atoms with E-state index in [1.54, 1.807) is 13.2 Å². The van der Waals surface area contributed by atoms with Gasteiger partial charge in [-0.1, -0.05) is 40.7 Å². The Balaban J connectivity index is 1.78. The number of sulfone groups is 1. The van der Waals surface area contributed by atoms with Gasteiger partial charge in [-0.3, -0.25) is 4.98 Å².